The quantitative estimate of drug-likeness (QED) is 0.567. The molecule has 32 heavy (non-hydrogen) atoms. The number of rotatable bonds is 8. The van der Waals surface area contributed by atoms with Crippen molar-refractivity contribution in [3.8, 4) is 0 Å². The molecule has 0 saturated carbocycles. The Morgan fingerprint density at radius 3 is 2.09 bits per heavy atom. The number of hydrogen-bond donors (Lipinski definition) is 1. The van der Waals surface area contributed by atoms with Crippen molar-refractivity contribution in [3.05, 3.63) is 29.8 Å². The van der Waals surface area contributed by atoms with E-state index in [2.05, 4.69) is 4.72 Å². The molecule has 1 aromatic carbocycles. The third-order valence-electron chi connectivity index (χ3n) is 5.03. The lowest BCUT2D eigenvalue weighted by molar-refractivity contribution is -0.154. The lowest BCUT2D eigenvalue weighted by Gasteiger charge is -2.34. The van der Waals surface area contributed by atoms with E-state index >= 15 is 0 Å². The van der Waals surface area contributed by atoms with Crippen LogP contribution in [0, 0.1) is 12.8 Å². The first-order valence-corrected chi connectivity index (χ1v) is 12.0. The highest BCUT2D eigenvalue weighted by molar-refractivity contribution is 7.89. The summed E-state index contributed by atoms with van der Waals surface area (Å²) in [6.45, 7) is 7.92. The zero-order valence-corrected chi connectivity index (χ0v) is 19.7. The van der Waals surface area contributed by atoms with E-state index in [9.17, 15) is 22.8 Å². The van der Waals surface area contributed by atoms with Crippen LogP contribution in [0.3, 0.4) is 0 Å². The molecule has 1 heterocycles. The van der Waals surface area contributed by atoms with Crippen LogP contribution in [-0.2, 0) is 29.1 Å². The number of ether oxygens (including phenoxy) is 2. The zero-order chi connectivity index (χ0) is 23.9. The first kappa shape index (κ1) is 25.6. The smallest absolute Gasteiger partial charge is 0.409 e. The Labute approximate surface area is 188 Å². The van der Waals surface area contributed by atoms with Gasteiger partial charge in [-0.15, -0.1) is 0 Å². The molecule has 1 fully saturated rings. The molecule has 1 aromatic rings. The molecule has 10 nitrogen and oxygen atoms in total. The molecule has 0 bridgehead atoms. The highest BCUT2D eigenvalue weighted by Gasteiger charge is 2.31. The van der Waals surface area contributed by atoms with E-state index in [0.717, 1.165) is 5.56 Å². The largest absolute Gasteiger partial charge is 0.454 e. The number of nitrogens with one attached hydrogen (secondary N) is 1. The summed E-state index contributed by atoms with van der Waals surface area (Å²) < 4.78 is 37.7. The van der Waals surface area contributed by atoms with Crippen LogP contribution < -0.4 is 4.72 Å². The Morgan fingerprint density at radius 2 is 1.56 bits per heavy atom. The number of carbonyl (C=O) groups excluding carboxylic acids is 3. The van der Waals surface area contributed by atoms with Gasteiger partial charge in [0.25, 0.3) is 5.91 Å². The molecule has 1 aliphatic heterocycles. The zero-order valence-electron chi connectivity index (χ0n) is 18.9. The second kappa shape index (κ2) is 11.3. The van der Waals surface area contributed by atoms with Gasteiger partial charge in [-0.25, -0.2) is 13.2 Å². The number of piperazine rings is 1. The van der Waals surface area contributed by atoms with E-state index in [0.29, 0.717) is 26.2 Å². The summed E-state index contributed by atoms with van der Waals surface area (Å²) in [5.74, 6) is -1.63. The molecule has 0 radical (unpaired) electrons. The Kier molecular flexibility index (Phi) is 9.02. The van der Waals surface area contributed by atoms with E-state index in [1.807, 2.05) is 6.92 Å². The molecule has 1 aliphatic rings. The lowest BCUT2D eigenvalue weighted by Crippen LogP contribution is -2.52. The molecule has 1 saturated heterocycles. The number of sulfonamides is 1. The minimum Gasteiger partial charge on any atom is -0.454 e. The Hall–Kier alpha value is -2.66. The Morgan fingerprint density at radius 1 is 1.00 bits per heavy atom. The maximum absolute atomic E-state index is 12.6. The standard InChI is InChI=1S/C21H31N3O7S/c1-5-30-21(27)24-12-10-23(11-13-24)18(25)14-31-20(26)19(15(2)3)22-32(28,29)17-8-6-16(4)7-9-17/h6-9,15,19,22H,5,10-14H2,1-4H3/t19-/m0/s1. The Bertz CT molecular complexity index is 908. The van der Waals surface area contributed by atoms with E-state index in [1.165, 1.54) is 21.9 Å². The normalized spacial score (nSPS) is 15.4. The SMILES string of the molecule is CCOC(=O)N1CCN(C(=O)COC(=O)[C@@H](NS(=O)(=O)c2ccc(C)cc2)C(C)C)CC1. The molecule has 11 heteroatoms. The highest BCUT2D eigenvalue weighted by atomic mass is 32.2. The van der Waals surface area contributed by atoms with Crippen molar-refractivity contribution in [2.24, 2.45) is 5.92 Å². The van der Waals surface area contributed by atoms with Crippen LogP contribution in [0.2, 0.25) is 0 Å². The fraction of sp³-hybridized carbons (Fsp3) is 0.571. The van der Waals surface area contributed by atoms with E-state index in [4.69, 9.17) is 9.47 Å². The summed E-state index contributed by atoms with van der Waals surface area (Å²) in [4.78, 5) is 39.7. The van der Waals surface area contributed by atoms with Crippen LogP contribution in [0.4, 0.5) is 4.79 Å². The molecule has 1 atom stereocenters. The number of aryl methyl sites for hydroxylation is 1. The minimum absolute atomic E-state index is 0.0390. The van der Waals surface area contributed by atoms with Gasteiger partial charge in [0, 0.05) is 26.2 Å². The predicted molar refractivity (Wildman–Crippen MR) is 116 cm³/mol. The molecular formula is C21H31N3O7S. The molecule has 2 rings (SSSR count). The van der Waals surface area contributed by atoms with Crippen LogP contribution in [0.1, 0.15) is 26.3 Å². The summed E-state index contributed by atoms with van der Waals surface area (Å²) in [7, 11) is -3.94. The maximum atomic E-state index is 12.6. The molecular weight excluding hydrogens is 438 g/mol. The molecule has 0 unspecified atom stereocenters. The summed E-state index contributed by atoms with van der Waals surface area (Å²) >= 11 is 0. The van der Waals surface area contributed by atoms with Crippen molar-refractivity contribution in [1.82, 2.24) is 14.5 Å². The molecule has 1 N–H and O–H groups in total. The van der Waals surface area contributed by atoms with Gasteiger partial charge in [-0.05, 0) is 31.9 Å². The van der Waals surface area contributed by atoms with E-state index < -0.39 is 46.6 Å². The molecule has 0 aliphatic carbocycles. The fourth-order valence-electron chi connectivity index (χ4n) is 3.08. The number of nitrogens with zero attached hydrogens (tertiary/aromatic N) is 2. The van der Waals surface area contributed by atoms with Crippen molar-refractivity contribution < 1.29 is 32.3 Å². The first-order chi connectivity index (χ1) is 15.0. The second-order valence-electron chi connectivity index (χ2n) is 7.83. The summed E-state index contributed by atoms with van der Waals surface area (Å²) in [6, 6.07) is 5.10. The average Bonchev–Trinajstić information content (AvgIpc) is 2.76. The van der Waals surface area contributed by atoms with Crippen molar-refractivity contribution >= 4 is 28.0 Å². The van der Waals surface area contributed by atoms with Gasteiger partial charge in [-0.3, -0.25) is 9.59 Å². The van der Waals surface area contributed by atoms with Crippen LogP contribution in [0.5, 0.6) is 0 Å². The third-order valence-corrected chi connectivity index (χ3v) is 6.49. The summed E-state index contributed by atoms with van der Waals surface area (Å²) in [6.07, 6.45) is -0.424. The lowest BCUT2D eigenvalue weighted by atomic mass is 10.1. The maximum Gasteiger partial charge on any atom is 0.409 e. The summed E-state index contributed by atoms with van der Waals surface area (Å²) in [5.41, 5.74) is 0.908. The first-order valence-electron chi connectivity index (χ1n) is 10.5. The minimum atomic E-state index is -3.94. The van der Waals surface area contributed by atoms with Crippen molar-refractivity contribution in [2.75, 3.05) is 39.4 Å². The third kappa shape index (κ3) is 6.92. The number of esters is 1. The van der Waals surface area contributed by atoms with Gasteiger partial charge in [-0.1, -0.05) is 31.5 Å². The topological polar surface area (TPSA) is 122 Å². The number of amides is 2. The van der Waals surface area contributed by atoms with Crippen LogP contribution in [-0.4, -0.2) is 81.6 Å². The van der Waals surface area contributed by atoms with Crippen LogP contribution in [0.25, 0.3) is 0 Å². The van der Waals surface area contributed by atoms with E-state index in [1.54, 1.807) is 32.9 Å². The predicted octanol–water partition coefficient (Wildman–Crippen LogP) is 1.14. The van der Waals surface area contributed by atoms with Gasteiger partial charge in [-0.2, -0.15) is 4.72 Å². The van der Waals surface area contributed by atoms with Gasteiger partial charge < -0.3 is 19.3 Å². The van der Waals surface area contributed by atoms with Crippen molar-refractivity contribution in [3.63, 3.8) is 0 Å². The average molecular weight is 470 g/mol. The Balaban J connectivity index is 1.91. The molecule has 0 aromatic heterocycles. The van der Waals surface area contributed by atoms with Gasteiger partial charge in [0.15, 0.2) is 6.61 Å². The van der Waals surface area contributed by atoms with Crippen molar-refractivity contribution in [2.45, 2.75) is 38.6 Å². The van der Waals surface area contributed by atoms with Gasteiger partial charge in [0.2, 0.25) is 10.0 Å². The number of carbonyl (C=O) groups is 3. The molecule has 178 valence electrons. The van der Waals surface area contributed by atoms with Gasteiger partial charge >= 0.3 is 12.1 Å². The fourth-order valence-corrected chi connectivity index (χ4v) is 4.41. The summed E-state index contributed by atoms with van der Waals surface area (Å²) in [5, 5.41) is 0. The van der Waals surface area contributed by atoms with Crippen molar-refractivity contribution in [1.29, 1.82) is 0 Å². The second-order valence-corrected chi connectivity index (χ2v) is 9.54. The van der Waals surface area contributed by atoms with Crippen LogP contribution >= 0.6 is 0 Å². The number of hydrogen-bond acceptors (Lipinski definition) is 7. The van der Waals surface area contributed by atoms with Gasteiger partial charge in [0.1, 0.15) is 6.04 Å². The van der Waals surface area contributed by atoms with E-state index in [-0.39, 0.29) is 11.5 Å². The molecule has 0 spiro atoms. The van der Waals surface area contributed by atoms with Gasteiger partial charge in [0.05, 0.1) is 11.5 Å². The highest BCUT2D eigenvalue weighted by Crippen LogP contribution is 2.14. The van der Waals surface area contributed by atoms with Crippen LogP contribution in [0.15, 0.2) is 29.2 Å². The molecule has 2 amide bonds. The monoisotopic (exact) mass is 469 g/mol. The number of benzene rings is 1.